The van der Waals surface area contributed by atoms with Crippen LogP contribution in [0.1, 0.15) is 51.3 Å². The molecule has 0 spiro atoms. The molecule has 0 unspecified atom stereocenters. The Bertz CT molecular complexity index is 425. The van der Waals surface area contributed by atoms with Gasteiger partial charge in [-0.3, -0.25) is 0 Å². The Morgan fingerprint density at radius 2 is 1.63 bits per heavy atom. The summed E-state index contributed by atoms with van der Waals surface area (Å²) in [4.78, 5) is 8.85. The van der Waals surface area contributed by atoms with Crippen molar-refractivity contribution in [3.8, 4) is 0 Å². The van der Waals surface area contributed by atoms with Crippen molar-refractivity contribution in [1.82, 2.24) is 9.97 Å². The topological polar surface area (TPSA) is 35.0 Å². The number of hydrogen-bond acceptors (Lipinski definition) is 3. The SMILES string of the molecule is CCOC1(c2nc(Cl)c(I)c(Cl)n2)CCCCCC1. The molecule has 1 heterocycles. The van der Waals surface area contributed by atoms with E-state index in [0.29, 0.717) is 26.3 Å². The maximum absolute atomic E-state index is 6.14. The number of nitrogens with zero attached hydrogens (tertiary/aromatic N) is 2. The first-order chi connectivity index (χ1) is 9.09. The Morgan fingerprint density at radius 3 is 2.11 bits per heavy atom. The fraction of sp³-hybridized carbons (Fsp3) is 0.692. The first-order valence-corrected chi connectivity index (χ1v) is 8.45. The second-order valence-corrected chi connectivity index (χ2v) is 6.58. The summed E-state index contributed by atoms with van der Waals surface area (Å²) in [6, 6.07) is 0. The molecule has 1 aromatic rings. The third kappa shape index (κ3) is 3.52. The fourth-order valence-corrected chi connectivity index (χ4v) is 3.24. The molecule has 0 atom stereocenters. The largest absolute Gasteiger partial charge is 0.367 e. The van der Waals surface area contributed by atoms with Gasteiger partial charge in [0.2, 0.25) is 0 Å². The summed E-state index contributed by atoms with van der Waals surface area (Å²) in [7, 11) is 0. The summed E-state index contributed by atoms with van der Waals surface area (Å²) in [5.41, 5.74) is -0.414. The van der Waals surface area contributed by atoms with Crippen LogP contribution in [0.2, 0.25) is 10.3 Å². The van der Waals surface area contributed by atoms with Crippen LogP contribution in [0.15, 0.2) is 0 Å². The zero-order chi connectivity index (χ0) is 13.9. The van der Waals surface area contributed by atoms with Crippen LogP contribution in [0.25, 0.3) is 0 Å². The Balaban J connectivity index is 2.42. The number of rotatable bonds is 3. The first-order valence-electron chi connectivity index (χ1n) is 6.62. The summed E-state index contributed by atoms with van der Waals surface area (Å²) in [5.74, 6) is 0.645. The van der Waals surface area contributed by atoms with Gasteiger partial charge in [-0.2, -0.15) is 0 Å². The van der Waals surface area contributed by atoms with E-state index in [-0.39, 0.29) is 0 Å². The van der Waals surface area contributed by atoms with Gasteiger partial charge in [-0.15, -0.1) is 0 Å². The minimum atomic E-state index is -0.414. The summed E-state index contributed by atoms with van der Waals surface area (Å²) in [6.07, 6.45) is 6.61. The highest BCUT2D eigenvalue weighted by molar-refractivity contribution is 14.1. The molecule has 106 valence electrons. The zero-order valence-corrected chi connectivity index (χ0v) is 14.6. The molecule has 1 aliphatic rings. The molecule has 0 bridgehead atoms. The molecule has 3 nitrogen and oxygen atoms in total. The van der Waals surface area contributed by atoms with Crippen LogP contribution in [0.4, 0.5) is 0 Å². The van der Waals surface area contributed by atoms with E-state index in [1.54, 1.807) is 0 Å². The molecule has 0 aliphatic heterocycles. The van der Waals surface area contributed by atoms with Gasteiger partial charge in [0, 0.05) is 6.61 Å². The summed E-state index contributed by atoms with van der Waals surface area (Å²) in [6.45, 7) is 2.65. The number of aromatic nitrogens is 2. The normalized spacial score (nSPS) is 19.2. The van der Waals surface area contributed by atoms with Crippen molar-refractivity contribution in [2.75, 3.05) is 6.61 Å². The van der Waals surface area contributed by atoms with Gasteiger partial charge in [0.05, 0.1) is 3.57 Å². The Hall–Kier alpha value is 0.350. The monoisotopic (exact) mass is 414 g/mol. The molecule has 2 rings (SSSR count). The fourth-order valence-electron chi connectivity index (χ4n) is 2.61. The molecule has 0 saturated heterocycles. The van der Waals surface area contributed by atoms with Crippen molar-refractivity contribution in [2.24, 2.45) is 0 Å². The second-order valence-electron chi connectivity index (χ2n) is 4.78. The van der Waals surface area contributed by atoms with Gasteiger partial charge < -0.3 is 4.74 Å². The molecule has 0 aromatic carbocycles. The molecule has 1 saturated carbocycles. The third-order valence-electron chi connectivity index (χ3n) is 3.51. The van der Waals surface area contributed by atoms with Crippen LogP contribution in [-0.2, 0) is 10.3 Å². The predicted molar refractivity (Wildman–Crippen MR) is 85.8 cm³/mol. The lowest BCUT2D eigenvalue weighted by Gasteiger charge is -2.31. The molecular formula is C13H17Cl2IN2O. The van der Waals surface area contributed by atoms with Gasteiger partial charge in [-0.05, 0) is 42.4 Å². The molecule has 0 N–H and O–H groups in total. The molecule has 1 aliphatic carbocycles. The van der Waals surface area contributed by atoms with Crippen LogP contribution in [0.5, 0.6) is 0 Å². The molecule has 1 fully saturated rings. The van der Waals surface area contributed by atoms with Gasteiger partial charge in [0.25, 0.3) is 0 Å². The van der Waals surface area contributed by atoms with Gasteiger partial charge >= 0.3 is 0 Å². The Kier molecular flexibility index (Phi) is 5.69. The highest BCUT2D eigenvalue weighted by atomic mass is 127. The zero-order valence-electron chi connectivity index (χ0n) is 10.9. The van der Waals surface area contributed by atoms with Crippen LogP contribution in [0, 0.1) is 3.57 Å². The van der Waals surface area contributed by atoms with E-state index in [4.69, 9.17) is 27.9 Å². The Labute approximate surface area is 137 Å². The van der Waals surface area contributed by atoms with E-state index < -0.39 is 5.60 Å². The van der Waals surface area contributed by atoms with Crippen molar-refractivity contribution >= 4 is 45.8 Å². The summed E-state index contributed by atoms with van der Waals surface area (Å²) >= 11 is 14.3. The van der Waals surface area contributed by atoms with Crippen molar-refractivity contribution in [1.29, 1.82) is 0 Å². The van der Waals surface area contributed by atoms with Crippen LogP contribution >= 0.6 is 45.8 Å². The van der Waals surface area contributed by atoms with Crippen molar-refractivity contribution in [3.63, 3.8) is 0 Å². The van der Waals surface area contributed by atoms with Crippen LogP contribution in [0.3, 0.4) is 0 Å². The second kappa shape index (κ2) is 6.87. The lowest BCUT2D eigenvalue weighted by atomic mass is 9.93. The average molecular weight is 415 g/mol. The number of hydrogen-bond donors (Lipinski definition) is 0. The van der Waals surface area contributed by atoms with E-state index in [0.717, 1.165) is 25.7 Å². The van der Waals surface area contributed by atoms with Crippen LogP contribution in [-0.4, -0.2) is 16.6 Å². The Morgan fingerprint density at radius 1 is 1.11 bits per heavy atom. The third-order valence-corrected chi connectivity index (χ3v) is 5.72. The molecule has 0 amide bonds. The lowest BCUT2D eigenvalue weighted by molar-refractivity contribution is -0.0624. The van der Waals surface area contributed by atoms with E-state index >= 15 is 0 Å². The highest BCUT2D eigenvalue weighted by Crippen LogP contribution is 2.39. The smallest absolute Gasteiger partial charge is 0.163 e. The lowest BCUT2D eigenvalue weighted by Crippen LogP contribution is -2.32. The summed E-state index contributed by atoms with van der Waals surface area (Å²) < 4.78 is 6.74. The maximum Gasteiger partial charge on any atom is 0.163 e. The highest BCUT2D eigenvalue weighted by Gasteiger charge is 2.37. The van der Waals surface area contributed by atoms with E-state index in [1.165, 1.54) is 12.8 Å². The number of halogens is 3. The van der Waals surface area contributed by atoms with Gasteiger partial charge in [-0.25, -0.2) is 9.97 Å². The quantitative estimate of drug-likeness (QED) is 0.397. The van der Waals surface area contributed by atoms with E-state index in [1.807, 2.05) is 6.92 Å². The molecular weight excluding hydrogens is 398 g/mol. The van der Waals surface area contributed by atoms with Gasteiger partial charge in [0.15, 0.2) is 5.82 Å². The van der Waals surface area contributed by atoms with Crippen molar-refractivity contribution in [2.45, 2.75) is 51.0 Å². The van der Waals surface area contributed by atoms with Crippen molar-refractivity contribution in [3.05, 3.63) is 19.7 Å². The van der Waals surface area contributed by atoms with E-state index in [2.05, 4.69) is 32.6 Å². The van der Waals surface area contributed by atoms with Gasteiger partial charge in [0.1, 0.15) is 15.9 Å². The van der Waals surface area contributed by atoms with Crippen LogP contribution < -0.4 is 0 Å². The average Bonchev–Trinajstić information content (AvgIpc) is 2.62. The van der Waals surface area contributed by atoms with E-state index in [9.17, 15) is 0 Å². The molecule has 0 radical (unpaired) electrons. The molecule has 1 aromatic heterocycles. The maximum atomic E-state index is 6.14. The minimum Gasteiger partial charge on any atom is -0.367 e. The number of ether oxygens (including phenoxy) is 1. The summed E-state index contributed by atoms with van der Waals surface area (Å²) in [5, 5.41) is 0.831. The molecule has 6 heteroatoms. The predicted octanol–water partition coefficient (Wildman–Crippen LogP) is 4.97. The minimum absolute atomic E-state index is 0.414. The standard InChI is InChI=1S/C13H17Cl2IN2O/c1-2-19-13(7-5-3-4-6-8-13)12-17-10(14)9(16)11(15)18-12/h2-8H2,1H3. The first kappa shape index (κ1) is 15.7. The van der Waals surface area contributed by atoms with Crippen molar-refractivity contribution < 1.29 is 4.74 Å². The molecule has 19 heavy (non-hydrogen) atoms. The van der Waals surface area contributed by atoms with Gasteiger partial charge in [-0.1, -0.05) is 48.9 Å².